The van der Waals surface area contributed by atoms with E-state index in [4.69, 9.17) is 0 Å². The van der Waals surface area contributed by atoms with Crippen LogP contribution in [-0.2, 0) is 0 Å². The maximum atomic E-state index is 13.7. The Kier molecular flexibility index (Phi) is 3.35. The SMILES string of the molecule is O=C(Nc1ccc2cc[nH]c2c1)c1cnc2c(F)cc(F)cc2c1O. The van der Waals surface area contributed by atoms with Crippen molar-refractivity contribution in [2.24, 2.45) is 0 Å². The van der Waals surface area contributed by atoms with Gasteiger partial charge in [-0.25, -0.2) is 8.78 Å². The number of amides is 1. The second-order valence-electron chi connectivity index (χ2n) is 5.54. The molecular weight excluding hydrogens is 328 g/mol. The molecule has 0 unspecified atom stereocenters. The molecular formula is C18H11F2N3O2. The third-order valence-electron chi connectivity index (χ3n) is 3.92. The first kappa shape index (κ1) is 15.1. The number of aromatic nitrogens is 2. The van der Waals surface area contributed by atoms with Crippen LogP contribution in [0.4, 0.5) is 14.5 Å². The lowest BCUT2D eigenvalue weighted by atomic mass is 10.1. The van der Waals surface area contributed by atoms with Crippen molar-refractivity contribution in [1.82, 2.24) is 9.97 Å². The Labute approximate surface area is 139 Å². The number of hydrogen-bond donors (Lipinski definition) is 3. The second kappa shape index (κ2) is 5.55. The van der Waals surface area contributed by atoms with E-state index >= 15 is 0 Å². The number of nitrogens with one attached hydrogen (secondary N) is 2. The van der Waals surface area contributed by atoms with E-state index in [1.54, 1.807) is 18.3 Å². The first-order valence-electron chi connectivity index (χ1n) is 7.38. The summed E-state index contributed by atoms with van der Waals surface area (Å²) in [6.07, 6.45) is 2.83. The van der Waals surface area contributed by atoms with E-state index in [1.165, 1.54) is 0 Å². The fraction of sp³-hybridized carbons (Fsp3) is 0. The topological polar surface area (TPSA) is 78.0 Å². The molecule has 0 saturated heterocycles. The van der Waals surface area contributed by atoms with E-state index in [9.17, 15) is 18.7 Å². The summed E-state index contributed by atoms with van der Waals surface area (Å²) in [7, 11) is 0. The van der Waals surface area contributed by atoms with E-state index < -0.39 is 23.3 Å². The minimum absolute atomic E-state index is 0.162. The van der Waals surface area contributed by atoms with Crippen LogP contribution >= 0.6 is 0 Å². The highest BCUT2D eigenvalue weighted by Crippen LogP contribution is 2.30. The molecule has 4 aromatic rings. The average molecular weight is 339 g/mol. The van der Waals surface area contributed by atoms with Gasteiger partial charge in [0.1, 0.15) is 22.6 Å². The summed E-state index contributed by atoms with van der Waals surface area (Å²) in [6.45, 7) is 0. The zero-order chi connectivity index (χ0) is 17.6. The summed E-state index contributed by atoms with van der Waals surface area (Å²) >= 11 is 0. The van der Waals surface area contributed by atoms with Crippen molar-refractivity contribution in [2.45, 2.75) is 0 Å². The lowest BCUT2D eigenvalue weighted by Gasteiger charge is -2.09. The number of benzene rings is 2. The van der Waals surface area contributed by atoms with Crippen molar-refractivity contribution in [3.05, 3.63) is 66.0 Å². The van der Waals surface area contributed by atoms with Crippen molar-refractivity contribution in [3.63, 3.8) is 0 Å². The van der Waals surface area contributed by atoms with Crippen molar-refractivity contribution in [1.29, 1.82) is 0 Å². The molecule has 0 aliphatic heterocycles. The van der Waals surface area contributed by atoms with Gasteiger partial charge in [-0.2, -0.15) is 0 Å². The highest BCUT2D eigenvalue weighted by molar-refractivity contribution is 6.09. The van der Waals surface area contributed by atoms with Crippen LogP contribution < -0.4 is 5.32 Å². The molecule has 0 saturated carbocycles. The number of hydrogen-bond acceptors (Lipinski definition) is 3. The van der Waals surface area contributed by atoms with Crippen molar-refractivity contribution < 1.29 is 18.7 Å². The van der Waals surface area contributed by atoms with Gasteiger partial charge in [0, 0.05) is 35.1 Å². The van der Waals surface area contributed by atoms with E-state index in [-0.39, 0.29) is 16.5 Å². The Morgan fingerprint density at radius 2 is 2.00 bits per heavy atom. The molecule has 0 atom stereocenters. The minimum atomic E-state index is -0.908. The molecule has 0 aliphatic rings. The maximum Gasteiger partial charge on any atom is 0.261 e. The predicted octanol–water partition coefficient (Wildman–Crippen LogP) is 3.95. The zero-order valence-corrected chi connectivity index (χ0v) is 12.7. The molecule has 0 spiro atoms. The normalized spacial score (nSPS) is 11.1. The third-order valence-corrected chi connectivity index (χ3v) is 3.92. The van der Waals surface area contributed by atoms with Crippen LogP contribution in [0.5, 0.6) is 5.75 Å². The van der Waals surface area contributed by atoms with E-state index in [0.29, 0.717) is 11.8 Å². The number of anilines is 1. The molecule has 2 heterocycles. The number of carbonyl (C=O) groups excluding carboxylic acids is 1. The minimum Gasteiger partial charge on any atom is -0.506 e. The van der Waals surface area contributed by atoms with Gasteiger partial charge < -0.3 is 15.4 Å². The molecule has 5 nitrogen and oxygen atoms in total. The molecule has 0 aliphatic carbocycles. The number of nitrogens with zero attached hydrogens (tertiary/aromatic N) is 1. The van der Waals surface area contributed by atoms with Gasteiger partial charge in [-0.3, -0.25) is 9.78 Å². The van der Waals surface area contributed by atoms with Crippen molar-refractivity contribution in [3.8, 4) is 5.75 Å². The number of carbonyl (C=O) groups is 1. The number of H-pyrrole nitrogens is 1. The summed E-state index contributed by atoms with van der Waals surface area (Å²) in [6, 6.07) is 8.76. The highest BCUT2D eigenvalue weighted by Gasteiger charge is 2.18. The average Bonchev–Trinajstić information content (AvgIpc) is 3.03. The number of aromatic hydroxyl groups is 1. The molecule has 2 aromatic heterocycles. The van der Waals surface area contributed by atoms with Crippen LogP contribution in [-0.4, -0.2) is 21.0 Å². The van der Waals surface area contributed by atoms with Crippen LogP contribution in [0.15, 0.2) is 48.8 Å². The number of rotatable bonds is 2. The number of pyridine rings is 1. The molecule has 0 fully saturated rings. The number of fused-ring (bicyclic) bond motifs is 2. The second-order valence-corrected chi connectivity index (χ2v) is 5.54. The van der Waals surface area contributed by atoms with Gasteiger partial charge in [-0.1, -0.05) is 6.07 Å². The summed E-state index contributed by atoms with van der Waals surface area (Å²) < 4.78 is 27.1. The van der Waals surface area contributed by atoms with Gasteiger partial charge in [0.2, 0.25) is 0 Å². The van der Waals surface area contributed by atoms with Crippen molar-refractivity contribution >= 4 is 33.4 Å². The maximum absolute atomic E-state index is 13.7. The van der Waals surface area contributed by atoms with Crippen molar-refractivity contribution in [2.75, 3.05) is 5.32 Å². The summed E-state index contributed by atoms with van der Waals surface area (Å²) in [5, 5.41) is 13.7. The Balaban J connectivity index is 1.73. The molecule has 0 radical (unpaired) electrons. The number of aromatic amines is 1. The quantitative estimate of drug-likeness (QED) is 0.517. The molecule has 1 amide bonds. The first-order chi connectivity index (χ1) is 12.0. The van der Waals surface area contributed by atoms with E-state index in [2.05, 4.69) is 15.3 Å². The molecule has 25 heavy (non-hydrogen) atoms. The summed E-state index contributed by atoms with van der Waals surface area (Å²) in [5.74, 6) is -2.93. The van der Waals surface area contributed by atoms with Gasteiger partial charge in [0.05, 0.1) is 0 Å². The molecule has 124 valence electrons. The van der Waals surface area contributed by atoms with E-state index in [1.807, 2.05) is 12.1 Å². The van der Waals surface area contributed by atoms with Gasteiger partial charge in [0.15, 0.2) is 5.82 Å². The standard InChI is InChI=1S/C18H11F2N3O2/c19-10-5-12-16(14(20)6-10)22-8-13(17(12)24)18(25)23-11-2-1-9-3-4-21-15(9)7-11/h1-8,21H,(H,22,24)(H,23,25). The monoisotopic (exact) mass is 339 g/mol. The largest absolute Gasteiger partial charge is 0.506 e. The lowest BCUT2D eigenvalue weighted by Crippen LogP contribution is -2.12. The Bertz CT molecular complexity index is 1140. The van der Waals surface area contributed by atoms with E-state index in [0.717, 1.165) is 23.2 Å². The predicted molar refractivity (Wildman–Crippen MR) is 89.6 cm³/mol. The molecule has 7 heteroatoms. The Morgan fingerprint density at radius 1 is 1.16 bits per heavy atom. The lowest BCUT2D eigenvalue weighted by molar-refractivity contribution is 0.102. The van der Waals surface area contributed by atoms with Crippen LogP contribution in [0.25, 0.3) is 21.8 Å². The zero-order valence-electron chi connectivity index (χ0n) is 12.7. The smallest absolute Gasteiger partial charge is 0.261 e. The third kappa shape index (κ3) is 2.55. The molecule has 2 aromatic carbocycles. The molecule has 3 N–H and O–H groups in total. The van der Waals surface area contributed by atoms with Crippen LogP contribution in [0.1, 0.15) is 10.4 Å². The summed E-state index contributed by atoms with van der Waals surface area (Å²) in [4.78, 5) is 19.3. The van der Waals surface area contributed by atoms with Gasteiger partial charge in [-0.05, 0) is 29.7 Å². The Hall–Kier alpha value is -3.48. The fourth-order valence-corrected chi connectivity index (χ4v) is 2.70. The van der Waals surface area contributed by atoms with Crippen LogP contribution in [0, 0.1) is 11.6 Å². The van der Waals surface area contributed by atoms with Gasteiger partial charge in [0.25, 0.3) is 5.91 Å². The van der Waals surface area contributed by atoms with Crippen LogP contribution in [0.3, 0.4) is 0 Å². The van der Waals surface area contributed by atoms with Gasteiger partial charge >= 0.3 is 0 Å². The molecule has 0 bridgehead atoms. The highest BCUT2D eigenvalue weighted by atomic mass is 19.1. The van der Waals surface area contributed by atoms with Crippen LogP contribution in [0.2, 0.25) is 0 Å². The van der Waals surface area contributed by atoms with Gasteiger partial charge in [-0.15, -0.1) is 0 Å². The summed E-state index contributed by atoms with van der Waals surface area (Å²) in [5.41, 5.74) is 0.958. The fourth-order valence-electron chi connectivity index (χ4n) is 2.70. The number of halogens is 2. The Morgan fingerprint density at radius 3 is 2.84 bits per heavy atom. The first-order valence-corrected chi connectivity index (χ1v) is 7.38. The molecule has 4 rings (SSSR count).